The van der Waals surface area contributed by atoms with Gasteiger partial charge in [-0.25, -0.2) is 4.79 Å². The highest BCUT2D eigenvalue weighted by molar-refractivity contribution is 5.89. The van der Waals surface area contributed by atoms with E-state index in [0.717, 1.165) is 35.7 Å². The molecule has 1 aromatic heterocycles. The molecule has 1 amide bonds. The monoisotopic (exact) mass is 394 g/mol. The first kappa shape index (κ1) is 18.7. The summed E-state index contributed by atoms with van der Waals surface area (Å²) in [7, 11) is 0. The molecular weight excluding hydrogens is 364 g/mol. The standard InChI is InChI=1S/C24H30N2O3/c1-2-29-22(27)21(10-18-14-25-20-6-4-3-5-19(18)20)26-23(28)24-11-15-7-16(12-24)9-17(8-15)13-24/h3-6,14-17,21,25H,2,7-13H2,1H3,(H,26,28). The van der Waals surface area contributed by atoms with Crippen molar-refractivity contribution in [2.75, 3.05) is 6.61 Å². The van der Waals surface area contributed by atoms with Crippen molar-refractivity contribution in [1.82, 2.24) is 10.3 Å². The lowest BCUT2D eigenvalue weighted by Gasteiger charge is -2.55. The van der Waals surface area contributed by atoms with Crippen LogP contribution in [0.1, 0.15) is 51.0 Å². The molecule has 0 saturated heterocycles. The van der Waals surface area contributed by atoms with E-state index < -0.39 is 6.04 Å². The number of H-pyrrole nitrogens is 1. The molecule has 4 aliphatic carbocycles. The van der Waals surface area contributed by atoms with E-state index in [1.807, 2.05) is 37.4 Å². The minimum Gasteiger partial charge on any atom is -0.464 e. The number of hydrogen-bond donors (Lipinski definition) is 2. The first-order valence-electron chi connectivity index (χ1n) is 11.1. The van der Waals surface area contributed by atoms with Crippen molar-refractivity contribution in [3.63, 3.8) is 0 Å². The molecule has 29 heavy (non-hydrogen) atoms. The van der Waals surface area contributed by atoms with E-state index in [1.165, 1.54) is 19.3 Å². The first-order chi connectivity index (χ1) is 14.1. The molecular formula is C24H30N2O3. The van der Waals surface area contributed by atoms with Gasteiger partial charge in [-0.15, -0.1) is 0 Å². The number of ether oxygens (including phenoxy) is 1. The number of esters is 1. The molecule has 6 rings (SSSR count). The Morgan fingerprint density at radius 3 is 2.45 bits per heavy atom. The number of aromatic nitrogens is 1. The smallest absolute Gasteiger partial charge is 0.328 e. The third-order valence-corrected chi connectivity index (χ3v) is 7.50. The van der Waals surface area contributed by atoms with E-state index in [-0.39, 0.29) is 17.3 Å². The zero-order valence-electron chi connectivity index (χ0n) is 17.1. The highest BCUT2D eigenvalue weighted by atomic mass is 16.5. The number of carbonyl (C=O) groups is 2. The fraction of sp³-hybridized carbons (Fsp3) is 0.583. The summed E-state index contributed by atoms with van der Waals surface area (Å²) in [4.78, 5) is 29.5. The fourth-order valence-corrected chi connectivity index (χ4v) is 6.66. The van der Waals surface area contributed by atoms with Crippen molar-refractivity contribution in [2.45, 2.75) is 57.9 Å². The number of fused-ring (bicyclic) bond motifs is 1. The quantitative estimate of drug-likeness (QED) is 0.728. The molecule has 2 aromatic rings. The summed E-state index contributed by atoms with van der Waals surface area (Å²) in [5.41, 5.74) is 1.81. The fourth-order valence-electron chi connectivity index (χ4n) is 6.66. The Hall–Kier alpha value is -2.30. The van der Waals surface area contributed by atoms with Crippen molar-refractivity contribution >= 4 is 22.8 Å². The van der Waals surface area contributed by atoms with E-state index in [2.05, 4.69) is 10.3 Å². The molecule has 4 aliphatic rings. The second-order valence-electron chi connectivity index (χ2n) is 9.54. The van der Waals surface area contributed by atoms with Crippen molar-refractivity contribution in [2.24, 2.45) is 23.2 Å². The van der Waals surface area contributed by atoms with Gasteiger partial charge in [0.05, 0.1) is 6.61 Å². The van der Waals surface area contributed by atoms with Crippen molar-refractivity contribution in [3.8, 4) is 0 Å². The Balaban J connectivity index is 1.37. The summed E-state index contributed by atoms with van der Waals surface area (Å²) in [6.45, 7) is 2.12. The van der Waals surface area contributed by atoms with Gasteiger partial charge < -0.3 is 15.0 Å². The maximum absolute atomic E-state index is 13.5. The van der Waals surface area contributed by atoms with Crippen LogP contribution in [0.2, 0.25) is 0 Å². The van der Waals surface area contributed by atoms with Crippen LogP contribution in [0.25, 0.3) is 10.9 Å². The van der Waals surface area contributed by atoms with Gasteiger partial charge in [-0.2, -0.15) is 0 Å². The molecule has 1 unspecified atom stereocenters. The Bertz CT molecular complexity index is 896. The summed E-state index contributed by atoms with van der Waals surface area (Å²) in [5.74, 6) is 1.83. The van der Waals surface area contributed by atoms with Crippen LogP contribution in [0.15, 0.2) is 30.5 Å². The second-order valence-corrected chi connectivity index (χ2v) is 9.54. The van der Waals surface area contributed by atoms with Gasteiger partial charge in [0.25, 0.3) is 0 Å². The van der Waals surface area contributed by atoms with Gasteiger partial charge in [-0.05, 0) is 74.8 Å². The minimum absolute atomic E-state index is 0.0782. The Morgan fingerprint density at radius 2 is 1.79 bits per heavy atom. The molecule has 4 saturated carbocycles. The number of hydrogen-bond acceptors (Lipinski definition) is 3. The lowest BCUT2D eigenvalue weighted by atomic mass is 9.49. The van der Waals surface area contributed by atoms with Gasteiger partial charge in [-0.3, -0.25) is 4.79 Å². The summed E-state index contributed by atoms with van der Waals surface area (Å²) in [5, 5.41) is 4.22. The van der Waals surface area contributed by atoms with Crippen LogP contribution in [0.5, 0.6) is 0 Å². The van der Waals surface area contributed by atoms with E-state index in [9.17, 15) is 9.59 Å². The number of amides is 1. The second kappa shape index (κ2) is 7.19. The number of benzene rings is 1. The highest BCUT2D eigenvalue weighted by Crippen LogP contribution is 2.60. The molecule has 154 valence electrons. The lowest BCUT2D eigenvalue weighted by molar-refractivity contribution is -0.154. The number of carbonyl (C=O) groups excluding carboxylic acids is 2. The van der Waals surface area contributed by atoms with Gasteiger partial charge in [0.1, 0.15) is 6.04 Å². The van der Waals surface area contributed by atoms with Gasteiger partial charge in [0.15, 0.2) is 0 Å². The summed E-state index contributed by atoms with van der Waals surface area (Å²) >= 11 is 0. The van der Waals surface area contributed by atoms with Crippen LogP contribution in [-0.2, 0) is 20.7 Å². The van der Waals surface area contributed by atoms with Gasteiger partial charge in [0.2, 0.25) is 5.91 Å². The Kier molecular flexibility index (Phi) is 4.64. The van der Waals surface area contributed by atoms with Crippen LogP contribution < -0.4 is 5.32 Å². The third kappa shape index (κ3) is 3.34. The highest BCUT2D eigenvalue weighted by Gasteiger charge is 2.55. The Morgan fingerprint density at radius 1 is 1.14 bits per heavy atom. The molecule has 5 heteroatoms. The topological polar surface area (TPSA) is 71.2 Å². The molecule has 1 aromatic carbocycles. The maximum Gasteiger partial charge on any atom is 0.328 e. The van der Waals surface area contributed by atoms with Crippen LogP contribution in [0.3, 0.4) is 0 Å². The summed E-state index contributed by atoms with van der Waals surface area (Å²) in [6, 6.07) is 7.40. The van der Waals surface area contributed by atoms with Crippen molar-refractivity contribution < 1.29 is 14.3 Å². The lowest BCUT2D eigenvalue weighted by Crippen LogP contribution is -2.56. The average Bonchev–Trinajstić information content (AvgIpc) is 3.09. The molecule has 4 fully saturated rings. The van der Waals surface area contributed by atoms with Crippen LogP contribution >= 0.6 is 0 Å². The number of para-hydroxylation sites is 1. The molecule has 2 N–H and O–H groups in total. The minimum atomic E-state index is -0.644. The van der Waals surface area contributed by atoms with Crippen molar-refractivity contribution in [1.29, 1.82) is 0 Å². The number of aromatic amines is 1. The molecule has 0 radical (unpaired) electrons. The van der Waals surface area contributed by atoms with E-state index >= 15 is 0 Å². The average molecular weight is 395 g/mol. The Labute approximate surface area is 171 Å². The molecule has 0 aliphatic heterocycles. The molecule has 1 atom stereocenters. The zero-order chi connectivity index (χ0) is 20.0. The largest absolute Gasteiger partial charge is 0.464 e. The van der Waals surface area contributed by atoms with Crippen LogP contribution in [0.4, 0.5) is 0 Å². The van der Waals surface area contributed by atoms with E-state index in [1.54, 1.807) is 0 Å². The van der Waals surface area contributed by atoms with Gasteiger partial charge >= 0.3 is 5.97 Å². The normalized spacial score (nSPS) is 31.0. The zero-order valence-corrected chi connectivity index (χ0v) is 17.1. The molecule has 5 nitrogen and oxygen atoms in total. The third-order valence-electron chi connectivity index (χ3n) is 7.50. The van der Waals surface area contributed by atoms with E-state index in [0.29, 0.717) is 30.8 Å². The summed E-state index contributed by atoms with van der Waals surface area (Å²) < 4.78 is 5.32. The van der Waals surface area contributed by atoms with E-state index in [4.69, 9.17) is 4.74 Å². The number of rotatable bonds is 6. The first-order valence-corrected chi connectivity index (χ1v) is 11.1. The van der Waals surface area contributed by atoms with Crippen LogP contribution in [-0.4, -0.2) is 29.5 Å². The van der Waals surface area contributed by atoms with Gasteiger partial charge in [0, 0.05) is 28.9 Å². The van der Waals surface area contributed by atoms with Gasteiger partial charge in [-0.1, -0.05) is 18.2 Å². The summed E-state index contributed by atoms with van der Waals surface area (Å²) in [6.07, 6.45) is 9.25. The maximum atomic E-state index is 13.5. The molecule has 4 bridgehead atoms. The molecule has 0 spiro atoms. The number of nitrogens with one attached hydrogen (secondary N) is 2. The SMILES string of the molecule is CCOC(=O)C(Cc1c[nH]c2ccccc12)NC(=O)C12CC3CC(CC(C3)C1)C2. The molecule has 1 heterocycles. The van der Waals surface area contributed by atoms with Crippen molar-refractivity contribution in [3.05, 3.63) is 36.0 Å². The predicted molar refractivity (Wildman–Crippen MR) is 111 cm³/mol. The van der Waals surface area contributed by atoms with Crippen LogP contribution in [0, 0.1) is 23.2 Å². The predicted octanol–water partition coefficient (Wildman–Crippen LogP) is 3.97.